The van der Waals surface area contributed by atoms with E-state index in [0.29, 0.717) is 0 Å². The number of allylic oxidation sites excluding steroid dienone is 4. The molecule has 0 aliphatic carbocycles. The highest BCUT2D eigenvalue weighted by molar-refractivity contribution is 6.25. The second kappa shape index (κ2) is 17.9. The van der Waals surface area contributed by atoms with Crippen molar-refractivity contribution in [2.75, 3.05) is 9.80 Å². The van der Waals surface area contributed by atoms with Crippen LogP contribution in [0, 0.1) is 0 Å². The van der Waals surface area contributed by atoms with E-state index in [-0.39, 0.29) is 0 Å². The van der Waals surface area contributed by atoms with Crippen molar-refractivity contribution in [3.8, 4) is 33.6 Å². The van der Waals surface area contributed by atoms with Crippen LogP contribution >= 0.6 is 0 Å². The number of hydrogen-bond donors (Lipinski definition) is 0. The molecule has 0 saturated carbocycles. The molecule has 0 radical (unpaired) electrons. The lowest BCUT2D eigenvalue weighted by atomic mass is 9.96. The molecule has 0 unspecified atom stereocenters. The molecule has 4 heterocycles. The van der Waals surface area contributed by atoms with Gasteiger partial charge >= 0.3 is 0 Å². The van der Waals surface area contributed by atoms with E-state index >= 15 is 0 Å². The van der Waals surface area contributed by atoms with Crippen molar-refractivity contribution >= 4 is 99.6 Å². The standard InChI is InChI=1S/C72H48N4O/c1-48-18-15-16-45-73(53-19-5-2-6-20-53)64-42-35-51(46-62(48)64)49-31-37-56(38-32-49)74(57-39-33-50(34-40-57)52-36-43-67-63(47-52)58-25-11-13-28-65(58)75(67)54-21-7-3-8-22-54)69-30-17-27-59-60-41-44-68-70(72(60)77-71(59)69)61-26-12-14-29-66(61)76(68)55-23-9-4-10-24-55/h2-47H,1H2/b18-15-,45-16-. The Morgan fingerprint density at radius 2 is 0.883 bits per heavy atom. The average molecular weight is 985 g/mol. The number of hydrogen-bond acceptors (Lipinski definition) is 3. The Bertz CT molecular complexity index is 4680. The van der Waals surface area contributed by atoms with Crippen molar-refractivity contribution in [3.05, 3.63) is 291 Å². The fourth-order valence-corrected chi connectivity index (χ4v) is 11.8. The molecule has 11 aromatic carbocycles. The molecule has 14 aromatic rings. The van der Waals surface area contributed by atoms with Gasteiger partial charge in [0.05, 0.1) is 38.8 Å². The summed E-state index contributed by atoms with van der Waals surface area (Å²) in [6.07, 6.45) is 8.32. The molecule has 0 saturated heterocycles. The van der Waals surface area contributed by atoms with Crippen molar-refractivity contribution in [1.82, 2.24) is 9.13 Å². The van der Waals surface area contributed by atoms with Crippen molar-refractivity contribution in [2.24, 2.45) is 0 Å². The summed E-state index contributed by atoms with van der Waals surface area (Å²) in [4.78, 5) is 4.57. The highest BCUT2D eigenvalue weighted by atomic mass is 16.3. The Kier molecular flexibility index (Phi) is 10.3. The Labute approximate surface area is 445 Å². The number of para-hydroxylation sites is 6. The van der Waals surface area contributed by atoms with Crippen LogP contribution in [0.5, 0.6) is 0 Å². The quantitative estimate of drug-likeness (QED) is 0.152. The minimum atomic E-state index is 0.824. The monoisotopic (exact) mass is 984 g/mol. The van der Waals surface area contributed by atoms with Crippen LogP contribution in [0.1, 0.15) is 5.56 Å². The molecule has 362 valence electrons. The summed E-state index contributed by atoms with van der Waals surface area (Å²) in [6, 6.07) is 91.6. The second-order valence-corrected chi connectivity index (χ2v) is 19.8. The van der Waals surface area contributed by atoms with E-state index in [9.17, 15) is 0 Å². The van der Waals surface area contributed by atoms with E-state index < -0.39 is 0 Å². The van der Waals surface area contributed by atoms with Crippen molar-refractivity contribution in [3.63, 3.8) is 0 Å². The lowest BCUT2D eigenvalue weighted by molar-refractivity contribution is 0.673. The first kappa shape index (κ1) is 44.2. The second-order valence-electron chi connectivity index (χ2n) is 19.8. The predicted octanol–water partition coefficient (Wildman–Crippen LogP) is 19.8. The number of nitrogens with zero attached hydrogens (tertiary/aromatic N) is 4. The molecule has 0 atom stereocenters. The largest absolute Gasteiger partial charge is 0.453 e. The molecule has 1 aliphatic heterocycles. The van der Waals surface area contributed by atoms with Crippen molar-refractivity contribution < 1.29 is 4.42 Å². The Morgan fingerprint density at radius 1 is 0.364 bits per heavy atom. The van der Waals surface area contributed by atoms with Gasteiger partial charge in [0.2, 0.25) is 0 Å². The number of fused-ring (bicyclic) bond motifs is 11. The SMILES string of the molecule is C=C1/C=C\C=C/N(c2ccccc2)c2ccc(-c3ccc(N(c4ccc(-c5ccc6c(c5)c5ccccc5n6-c5ccccc5)cc4)c4cccc5c4oc4c5ccc5c4c4ccccc4n5-c4ccccc4)cc3)cc21. The van der Waals surface area contributed by atoms with E-state index in [1.165, 1.54) is 21.8 Å². The highest BCUT2D eigenvalue weighted by Crippen LogP contribution is 2.47. The topological polar surface area (TPSA) is 29.5 Å². The number of rotatable bonds is 8. The molecule has 5 nitrogen and oxygen atoms in total. The van der Waals surface area contributed by atoms with Crippen LogP contribution in [0.2, 0.25) is 0 Å². The Balaban J connectivity index is 0.874. The highest BCUT2D eigenvalue weighted by Gasteiger charge is 2.24. The summed E-state index contributed by atoms with van der Waals surface area (Å²) in [5.41, 5.74) is 20.3. The summed E-state index contributed by atoms with van der Waals surface area (Å²) in [5.74, 6) is 0. The van der Waals surface area contributed by atoms with Gasteiger partial charge in [-0.15, -0.1) is 0 Å². The third kappa shape index (κ3) is 7.24. The lowest BCUT2D eigenvalue weighted by Crippen LogP contribution is -2.11. The fraction of sp³-hybridized carbons (Fsp3) is 0. The van der Waals surface area contributed by atoms with E-state index in [1.54, 1.807) is 0 Å². The third-order valence-electron chi connectivity index (χ3n) is 15.4. The first-order chi connectivity index (χ1) is 38.1. The predicted molar refractivity (Wildman–Crippen MR) is 324 cm³/mol. The number of anilines is 5. The van der Waals surface area contributed by atoms with Crippen LogP contribution in [0.15, 0.2) is 290 Å². The normalized spacial score (nSPS) is 13.4. The van der Waals surface area contributed by atoms with Crippen LogP contribution in [0.4, 0.5) is 28.4 Å². The summed E-state index contributed by atoms with van der Waals surface area (Å²) in [6.45, 7) is 4.51. The van der Waals surface area contributed by atoms with Gasteiger partial charge in [0.1, 0.15) is 5.58 Å². The Hall–Kier alpha value is -10.4. The van der Waals surface area contributed by atoms with E-state index in [0.717, 1.165) is 117 Å². The first-order valence-corrected chi connectivity index (χ1v) is 26.2. The summed E-state index contributed by atoms with van der Waals surface area (Å²) >= 11 is 0. The van der Waals surface area contributed by atoms with Gasteiger partial charge in [-0.2, -0.15) is 0 Å². The average Bonchev–Trinajstić information content (AvgIpc) is 4.38. The zero-order valence-electron chi connectivity index (χ0n) is 42.0. The van der Waals surface area contributed by atoms with Crippen LogP contribution in [-0.2, 0) is 0 Å². The van der Waals surface area contributed by atoms with Crippen molar-refractivity contribution in [2.45, 2.75) is 0 Å². The lowest BCUT2D eigenvalue weighted by Gasteiger charge is -2.26. The van der Waals surface area contributed by atoms with Crippen molar-refractivity contribution in [1.29, 1.82) is 0 Å². The van der Waals surface area contributed by atoms with Gasteiger partial charge < -0.3 is 23.4 Å². The van der Waals surface area contributed by atoms with E-state index in [1.807, 2.05) is 0 Å². The number of benzene rings is 11. The van der Waals surface area contributed by atoms with Gasteiger partial charge in [0.25, 0.3) is 0 Å². The van der Waals surface area contributed by atoms with Crippen LogP contribution in [-0.4, -0.2) is 9.13 Å². The third-order valence-corrected chi connectivity index (χ3v) is 15.4. The molecule has 5 heteroatoms. The summed E-state index contributed by atoms with van der Waals surface area (Å²) in [7, 11) is 0. The Morgan fingerprint density at radius 3 is 1.57 bits per heavy atom. The molecule has 0 spiro atoms. The van der Waals surface area contributed by atoms with Gasteiger partial charge in [-0.3, -0.25) is 0 Å². The molecule has 77 heavy (non-hydrogen) atoms. The summed E-state index contributed by atoms with van der Waals surface area (Å²) < 4.78 is 12.0. The summed E-state index contributed by atoms with van der Waals surface area (Å²) in [5, 5.41) is 6.85. The molecular formula is C72H48N4O. The maximum Gasteiger partial charge on any atom is 0.159 e. The van der Waals surface area contributed by atoms with E-state index in [4.69, 9.17) is 4.42 Å². The molecule has 15 rings (SSSR count). The fourth-order valence-electron chi connectivity index (χ4n) is 11.8. The molecule has 0 bridgehead atoms. The number of aromatic nitrogens is 2. The number of furan rings is 1. The maximum atomic E-state index is 7.32. The van der Waals surface area contributed by atoms with E-state index in [2.05, 4.69) is 305 Å². The minimum absolute atomic E-state index is 0.824. The first-order valence-electron chi connectivity index (χ1n) is 26.2. The maximum absolute atomic E-state index is 7.32. The molecule has 3 aromatic heterocycles. The minimum Gasteiger partial charge on any atom is -0.453 e. The zero-order chi connectivity index (χ0) is 51.0. The smallest absolute Gasteiger partial charge is 0.159 e. The van der Waals surface area contributed by atoms with Crippen LogP contribution in [0.3, 0.4) is 0 Å². The molecular weight excluding hydrogens is 937 g/mol. The molecule has 1 aliphatic rings. The van der Waals surface area contributed by atoms with Gasteiger partial charge in [-0.25, -0.2) is 0 Å². The van der Waals surface area contributed by atoms with Gasteiger partial charge in [-0.1, -0.05) is 158 Å². The van der Waals surface area contributed by atoms with Gasteiger partial charge in [-0.05, 0) is 149 Å². The van der Waals surface area contributed by atoms with Gasteiger partial charge in [0, 0.05) is 67.1 Å². The molecule has 0 N–H and O–H groups in total. The van der Waals surface area contributed by atoms with Crippen LogP contribution in [0.25, 0.3) is 105 Å². The molecule has 0 fully saturated rings. The van der Waals surface area contributed by atoms with Crippen LogP contribution < -0.4 is 9.80 Å². The zero-order valence-corrected chi connectivity index (χ0v) is 42.0. The van der Waals surface area contributed by atoms with Gasteiger partial charge in [0.15, 0.2) is 5.58 Å². The molecule has 0 amide bonds.